The van der Waals surface area contributed by atoms with E-state index in [4.69, 9.17) is 15.3 Å². The van der Waals surface area contributed by atoms with Crippen LogP contribution in [0.4, 0.5) is 0 Å². The summed E-state index contributed by atoms with van der Waals surface area (Å²) >= 11 is 0. The van der Waals surface area contributed by atoms with Gasteiger partial charge in [0.25, 0.3) is 0 Å². The van der Waals surface area contributed by atoms with Crippen LogP contribution in [-0.2, 0) is 4.79 Å². The van der Waals surface area contributed by atoms with Gasteiger partial charge in [-0.15, -0.1) is 0 Å². The molecule has 5 N–H and O–H groups in total. The second-order valence-corrected chi connectivity index (χ2v) is 3.09. The van der Waals surface area contributed by atoms with E-state index in [1.807, 2.05) is 0 Å². The minimum absolute atomic E-state index is 0.0188. The van der Waals surface area contributed by atoms with Gasteiger partial charge in [0.2, 0.25) is 0 Å². The van der Waals surface area contributed by atoms with Crippen LogP contribution in [0.1, 0.15) is 12.8 Å². The van der Waals surface area contributed by atoms with Crippen LogP contribution in [0.2, 0.25) is 0 Å². The third-order valence-electron chi connectivity index (χ3n) is 2.01. The van der Waals surface area contributed by atoms with E-state index in [0.29, 0.717) is 0 Å². The van der Waals surface area contributed by atoms with Gasteiger partial charge in [0, 0.05) is 12.5 Å². The van der Waals surface area contributed by atoms with Gasteiger partial charge >= 0.3 is 5.97 Å². The van der Waals surface area contributed by atoms with Crippen molar-refractivity contribution in [3.8, 4) is 0 Å². The molecule has 0 aromatic carbocycles. The fraction of sp³-hybridized carbons (Fsp3) is 0.875. The average molecular weight is 208 g/mol. The first kappa shape index (κ1) is 13.3. The Kier molecular flexibility index (Phi) is 6.39. The molecule has 0 aliphatic carbocycles. The highest BCUT2D eigenvalue weighted by Gasteiger charge is 2.28. The molecule has 84 valence electrons. The average Bonchev–Trinajstić information content (AvgIpc) is 2.13. The number of rotatable bonds is 7. The molecule has 0 fully saturated rings. The van der Waals surface area contributed by atoms with Gasteiger partial charge < -0.3 is 25.5 Å². The van der Waals surface area contributed by atoms with Crippen molar-refractivity contribution in [2.75, 3.05) is 13.2 Å². The van der Waals surface area contributed by atoms with Gasteiger partial charge in [0.05, 0.1) is 25.2 Å². The highest BCUT2D eigenvalue weighted by molar-refractivity contribution is 5.67. The van der Waals surface area contributed by atoms with Crippen LogP contribution in [0.5, 0.6) is 0 Å². The molecule has 0 heterocycles. The minimum Gasteiger partial charge on any atom is -0.481 e. The lowest BCUT2D eigenvalue weighted by atomic mass is 9.91. The molecule has 6 nitrogen and oxygen atoms in total. The number of hydrogen-bond acceptors (Lipinski definition) is 5. The van der Waals surface area contributed by atoms with E-state index in [2.05, 4.69) is 0 Å². The first-order valence-electron chi connectivity index (χ1n) is 4.32. The Morgan fingerprint density at radius 3 is 2.07 bits per heavy atom. The van der Waals surface area contributed by atoms with Gasteiger partial charge in [0.15, 0.2) is 0 Å². The van der Waals surface area contributed by atoms with Gasteiger partial charge in [-0.2, -0.15) is 0 Å². The maximum Gasteiger partial charge on any atom is 0.303 e. The lowest BCUT2D eigenvalue weighted by Gasteiger charge is -2.24. The predicted molar refractivity (Wildman–Crippen MR) is 46.5 cm³/mol. The van der Waals surface area contributed by atoms with E-state index in [9.17, 15) is 15.0 Å². The van der Waals surface area contributed by atoms with Crippen molar-refractivity contribution in [1.29, 1.82) is 0 Å². The molecule has 0 saturated carbocycles. The molecular weight excluding hydrogens is 192 g/mol. The monoisotopic (exact) mass is 208 g/mol. The van der Waals surface area contributed by atoms with E-state index >= 15 is 0 Å². The van der Waals surface area contributed by atoms with Gasteiger partial charge in [-0.05, 0) is 6.42 Å². The quantitative estimate of drug-likeness (QED) is 0.336. The number of carbonyl (C=O) groups is 1. The fourth-order valence-corrected chi connectivity index (χ4v) is 1.21. The molecule has 0 saturated heterocycles. The van der Waals surface area contributed by atoms with Crippen LogP contribution in [-0.4, -0.2) is 56.9 Å². The summed E-state index contributed by atoms with van der Waals surface area (Å²) in [5, 5.41) is 44.2. The second kappa shape index (κ2) is 6.72. The molecular formula is C8H16O6. The summed E-state index contributed by atoms with van der Waals surface area (Å²) in [5.74, 6) is -2.12. The lowest BCUT2D eigenvalue weighted by molar-refractivity contribution is -0.141. The SMILES string of the molecule is O=C(O)CC(C(O)CO)C(O)CCO. The van der Waals surface area contributed by atoms with E-state index < -0.39 is 37.1 Å². The zero-order chi connectivity index (χ0) is 11.1. The van der Waals surface area contributed by atoms with E-state index in [1.165, 1.54) is 0 Å². The number of carboxylic acid groups (broad SMARTS) is 1. The molecule has 0 aliphatic heterocycles. The normalized spacial score (nSPS) is 17.4. The topological polar surface area (TPSA) is 118 Å². The molecule has 0 amide bonds. The first-order chi connectivity index (χ1) is 6.52. The Morgan fingerprint density at radius 2 is 1.71 bits per heavy atom. The van der Waals surface area contributed by atoms with Gasteiger partial charge in [0.1, 0.15) is 0 Å². The summed E-state index contributed by atoms with van der Waals surface area (Å²) in [4.78, 5) is 10.4. The van der Waals surface area contributed by atoms with Crippen LogP contribution in [0, 0.1) is 5.92 Å². The molecule has 6 heteroatoms. The van der Waals surface area contributed by atoms with Crippen molar-refractivity contribution in [2.24, 2.45) is 5.92 Å². The van der Waals surface area contributed by atoms with Crippen LogP contribution < -0.4 is 0 Å². The Hall–Kier alpha value is -0.690. The summed E-state index contributed by atoms with van der Waals surface area (Å²) in [5.41, 5.74) is 0. The molecule has 0 aromatic heterocycles. The van der Waals surface area contributed by atoms with Crippen molar-refractivity contribution in [3.05, 3.63) is 0 Å². The molecule has 3 atom stereocenters. The second-order valence-electron chi connectivity index (χ2n) is 3.09. The van der Waals surface area contributed by atoms with Crippen molar-refractivity contribution in [2.45, 2.75) is 25.0 Å². The highest BCUT2D eigenvalue weighted by Crippen LogP contribution is 2.16. The summed E-state index contributed by atoms with van der Waals surface area (Å²) in [6.07, 6.45) is -2.87. The molecule has 14 heavy (non-hydrogen) atoms. The molecule has 0 aromatic rings. The van der Waals surface area contributed by atoms with E-state index in [-0.39, 0.29) is 13.0 Å². The summed E-state index contributed by atoms with van der Waals surface area (Å²) in [6, 6.07) is 0. The standard InChI is InChI=1S/C8H16O6/c9-2-1-6(11)5(3-8(13)14)7(12)4-10/h5-7,9-12H,1-4H2,(H,13,14). The Balaban J connectivity index is 4.29. The number of aliphatic hydroxyl groups excluding tert-OH is 4. The van der Waals surface area contributed by atoms with E-state index in [1.54, 1.807) is 0 Å². The molecule has 0 rings (SSSR count). The van der Waals surface area contributed by atoms with Crippen molar-refractivity contribution in [1.82, 2.24) is 0 Å². The van der Waals surface area contributed by atoms with Gasteiger partial charge in [-0.1, -0.05) is 0 Å². The number of aliphatic carboxylic acids is 1. The fourth-order valence-electron chi connectivity index (χ4n) is 1.21. The van der Waals surface area contributed by atoms with Crippen LogP contribution in [0.15, 0.2) is 0 Å². The number of aliphatic hydroxyl groups is 4. The molecule has 0 aliphatic rings. The zero-order valence-electron chi connectivity index (χ0n) is 7.70. The molecule has 0 bridgehead atoms. The molecule has 3 unspecified atom stereocenters. The summed E-state index contributed by atoms with van der Waals surface area (Å²) < 4.78 is 0. The Labute approximate surface area is 81.4 Å². The highest BCUT2D eigenvalue weighted by atomic mass is 16.4. The first-order valence-corrected chi connectivity index (χ1v) is 4.32. The third kappa shape index (κ3) is 4.52. The maximum atomic E-state index is 10.4. The van der Waals surface area contributed by atoms with Crippen molar-refractivity contribution in [3.63, 3.8) is 0 Å². The third-order valence-corrected chi connectivity index (χ3v) is 2.01. The smallest absolute Gasteiger partial charge is 0.303 e. The number of hydrogen-bond donors (Lipinski definition) is 5. The van der Waals surface area contributed by atoms with Crippen LogP contribution >= 0.6 is 0 Å². The minimum atomic E-state index is -1.28. The summed E-state index contributed by atoms with van der Waals surface area (Å²) in [6.45, 7) is -0.907. The van der Waals surface area contributed by atoms with Gasteiger partial charge in [-0.3, -0.25) is 4.79 Å². The number of carboxylic acids is 1. The van der Waals surface area contributed by atoms with Crippen molar-refractivity contribution >= 4 is 5.97 Å². The molecule has 0 radical (unpaired) electrons. The lowest BCUT2D eigenvalue weighted by Crippen LogP contribution is -2.36. The molecule has 0 spiro atoms. The predicted octanol–water partition coefficient (Wildman–Crippen LogP) is -1.83. The summed E-state index contributed by atoms with van der Waals surface area (Å²) in [7, 11) is 0. The van der Waals surface area contributed by atoms with Crippen LogP contribution in [0.3, 0.4) is 0 Å². The Morgan fingerprint density at radius 1 is 1.14 bits per heavy atom. The Bertz CT molecular complexity index is 171. The van der Waals surface area contributed by atoms with Crippen molar-refractivity contribution < 1.29 is 30.3 Å². The maximum absolute atomic E-state index is 10.4. The zero-order valence-corrected chi connectivity index (χ0v) is 7.70. The van der Waals surface area contributed by atoms with E-state index in [0.717, 1.165) is 0 Å². The van der Waals surface area contributed by atoms with Gasteiger partial charge in [-0.25, -0.2) is 0 Å². The van der Waals surface area contributed by atoms with Crippen LogP contribution in [0.25, 0.3) is 0 Å². The largest absolute Gasteiger partial charge is 0.481 e.